The minimum Gasteiger partial charge on any atom is -0.456 e. The fourth-order valence-electron chi connectivity index (χ4n) is 3.52. The molecule has 1 fully saturated rings. The van der Waals surface area contributed by atoms with Crippen LogP contribution in [0.3, 0.4) is 0 Å². The summed E-state index contributed by atoms with van der Waals surface area (Å²) < 4.78 is 5.85. The first-order valence-electron chi connectivity index (χ1n) is 8.69. The molecule has 0 saturated carbocycles. The van der Waals surface area contributed by atoms with Gasteiger partial charge in [-0.2, -0.15) is 0 Å². The molecule has 0 radical (unpaired) electrons. The Bertz CT molecular complexity index is 878. The Morgan fingerprint density at radius 1 is 1.04 bits per heavy atom. The van der Waals surface area contributed by atoms with Gasteiger partial charge in [0.05, 0.1) is 0 Å². The zero-order valence-corrected chi connectivity index (χ0v) is 13.9. The van der Waals surface area contributed by atoms with Crippen molar-refractivity contribution in [3.63, 3.8) is 0 Å². The Labute approximate surface area is 141 Å². The van der Waals surface area contributed by atoms with Crippen molar-refractivity contribution in [3.05, 3.63) is 42.5 Å². The number of hydrogen-bond acceptors (Lipinski definition) is 3. The SMILES string of the molecule is C[C@H](Nc1ccc2oc3ccccc3c2c1)C(=O)N1CCCCC1. The topological polar surface area (TPSA) is 45.5 Å². The van der Waals surface area contributed by atoms with Gasteiger partial charge in [0.25, 0.3) is 0 Å². The number of para-hydroxylation sites is 1. The number of hydrogen-bond donors (Lipinski definition) is 1. The Kier molecular flexibility index (Phi) is 3.89. The van der Waals surface area contributed by atoms with Crippen molar-refractivity contribution in [1.29, 1.82) is 0 Å². The van der Waals surface area contributed by atoms with E-state index in [1.165, 1.54) is 6.42 Å². The molecule has 1 atom stereocenters. The molecule has 1 saturated heterocycles. The maximum Gasteiger partial charge on any atom is 0.244 e. The third kappa shape index (κ3) is 2.73. The largest absolute Gasteiger partial charge is 0.456 e. The number of amides is 1. The Morgan fingerprint density at radius 3 is 2.62 bits per heavy atom. The molecule has 1 aromatic heterocycles. The van der Waals surface area contributed by atoms with Gasteiger partial charge in [-0.15, -0.1) is 0 Å². The fourth-order valence-corrected chi connectivity index (χ4v) is 3.52. The van der Waals surface area contributed by atoms with E-state index >= 15 is 0 Å². The summed E-state index contributed by atoms with van der Waals surface area (Å²) in [5.74, 6) is 0.187. The molecule has 1 aliphatic rings. The molecule has 3 aromatic rings. The molecule has 0 aliphatic carbocycles. The lowest BCUT2D eigenvalue weighted by Crippen LogP contribution is -2.43. The summed E-state index contributed by atoms with van der Waals surface area (Å²) in [5.41, 5.74) is 2.71. The molecule has 0 spiro atoms. The van der Waals surface area contributed by atoms with Gasteiger partial charge in [-0.05, 0) is 50.5 Å². The van der Waals surface area contributed by atoms with E-state index in [4.69, 9.17) is 4.42 Å². The van der Waals surface area contributed by atoms with E-state index in [9.17, 15) is 4.79 Å². The summed E-state index contributed by atoms with van der Waals surface area (Å²) in [5, 5.41) is 5.53. The van der Waals surface area contributed by atoms with Crippen LogP contribution < -0.4 is 5.32 Å². The standard InChI is InChI=1S/C20H22N2O2/c1-14(20(23)22-11-5-2-6-12-22)21-15-9-10-19-17(13-15)16-7-3-4-8-18(16)24-19/h3-4,7-10,13-14,21H,2,5-6,11-12H2,1H3/t14-/m0/s1. The molecule has 4 heteroatoms. The summed E-state index contributed by atoms with van der Waals surface area (Å²) in [6.07, 6.45) is 3.46. The van der Waals surface area contributed by atoms with Gasteiger partial charge in [0.1, 0.15) is 17.2 Å². The van der Waals surface area contributed by atoms with Crippen LogP contribution >= 0.6 is 0 Å². The minimum absolute atomic E-state index is 0.187. The number of nitrogens with zero attached hydrogens (tertiary/aromatic N) is 1. The monoisotopic (exact) mass is 322 g/mol. The molecule has 4 nitrogen and oxygen atoms in total. The normalized spacial score (nSPS) is 16.5. The minimum atomic E-state index is -0.223. The second-order valence-electron chi connectivity index (χ2n) is 6.56. The summed E-state index contributed by atoms with van der Waals surface area (Å²) in [4.78, 5) is 14.6. The van der Waals surface area contributed by atoms with Gasteiger partial charge < -0.3 is 14.6 Å². The molecule has 2 aromatic carbocycles. The van der Waals surface area contributed by atoms with Crippen LogP contribution in [0.2, 0.25) is 0 Å². The van der Waals surface area contributed by atoms with Gasteiger partial charge >= 0.3 is 0 Å². The van der Waals surface area contributed by atoms with Crippen molar-refractivity contribution < 1.29 is 9.21 Å². The molecule has 124 valence electrons. The van der Waals surface area contributed by atoms with Crippen LogP contribution in [-0.4, -0.2) is 29.9 Å². The second kappa shape index (κ2) is 6.19. The average molecular weight is 322 g/mol. The highest BCUT2D eigenvalue weighted by atomic mass is 16.3. The number of piperidine rings is 1. The number of furan rings is 1. The third-order valence-electron chi connectivity index (χ3n) is 4.80. The third-order valence-corrected chi connectivity index (χ3v) is 4.80. The predicted molar refractivity (Wildman–Crippen MR) is 97.2 cm³/mol. The first-order chi connectivity index (χ1) is 11.7. The molecular weight excluding hydrogens is 300 g/mol. The van der Waals surface area contributed by atoms with Crippen LogP contribution in [0.4, 0.5) is 5.69 Å². The molecule has 4 rings (SSSR count). The highest BCUT2D eigenvalue weighted by molar-refractivity contribution is 6.06. The number of likely N-dealkylation sites (tertiary alicyclic amines) is 1. The van der Waals surface area contributed by atoms with Gasteiger partial charge in [0, 0.05) is 29.5 Å². The van der Waals surface area contributed by atoms with Crippen molar-refractivity contribution in [1.82, 2.24) is 4.90 Å². The first-order valence-corrected chi connectivity index (χ1v) is 8.69. The number of nitrogens with one attached hydrogen (secondary N) is 1. The summed E-state index contributed by atoms with van der Waals surface area (Å²) in [7, 11) is 0. The maximum absolute atomic E-state index is 12.6. The number of carbonyl (C=O) groups excluding carboxylic acids is 1. The smallest absolute Gasteiger partial charge is 0.244 e. The molecule has 0 unspecified atom stereocenters. The number of carbonyl (C=O) groups is 1. The van der Waals surface area contributed by atoms with Crippen molar-refractivity contribution in [2.45, 2.75) is 32.2 Å². The Balaban J connectivity index is 1.57. The van der Waals surface area contributed by atoms with Crippen molar-refractivity contribution in [3.8, 4) is 0 Å². The number of rotatable bonds is 3. The van der Waals surface area contributed by atoms with Crippen LogP contribution in [0.25, 0.3) is 21.9 Å². The molecule has 2 heterocycles. The summed E-state index contributed by atoms with van der Waals surface area (Å²) in [6.45, 7) is 3.71. The van der Waals surface area contributed by atoms with Crippen LogP contribution in [0, 0.1) is 0 Å². The second-order valence-corrected chi connectivity index (χ2v) is 6.56. The lowest BCUT2D eigenvalue weighted by atomic mass is 10.1. The van der Waals surface area contributed by atoms with Crippen LogP contribution in [0.15, 0.2) is 46.9 Å². The fraction of sp³-hybridized carbons (Fsp3) is 0.350. The van der Waals surface area contributed by atoms with Crippen LogP contribution in [0.1, 0.15) is 26.2 Å². The van der Waals surface area contributed by atoms with E-state index in [2.05, 4.69) is 17.4 Å². The molecule has 0 bridgehead atoms. The van der Waals surface area contributed by atoms with Crippen LogP contribution in [0.5, 0.6) is 0 Å². The molecule has 1 aliphatic heterocycles. The molecular formula is C20H22N2O2. The summed E-state index contributed by atoms with van der Waals surface area (Å²) >= 11 is 0. The highest BCUT2D eigenvalue weighted by Gasteiger charge is 2.22. The van der Waals surface area contributed by atoms with Crippen LogP contribution in [-0.2, 0) is 4.79 Å². The van der Waals surface area contributed by atoms with Crippen molar-refractivity contribution in [2.75, 3.05) is 18.4 Å². The quantitative estimate of drug-likeness (QED) is 0.777. The van der Waals surface area contributed by atoms with Gasteiger partial charge in [0.2, 0.25) is 5.91 Å². The molecule has 1 N–H and O–H groups in total. The predicted octanol–water partition coefficient (Wildman–Crippen LogP) is 4.40. The van der Waals surface area contributed by atoms with Gasteiger partial charge in [-0.3, -0.25) is 4.79 Å². The lowest BCUT2D eigenvalue weighted by Gasteiger charge is -2.29. The Morgan fingerprint density at radius 2 is 1.79 bits per heavy atom. The lowest BCUT2D eigenvalue weighted by molar-refractivity contribution is -0.132. The maximum atomic E-state index is 12.6. The first kappa shape index (κ1) is 15.1. The van der Waals surface area contributed by atoms with Crippen molar-refractivity contribution in [2.24, 2.45) is 0 Å². The molecule has 1 amide bonds. The van der Waals surface area contributed by atoms with E-state index in [-0.39, 0.29) is 11.9 Å². The molecule has 24 heavy (non-hydrogen) atoms. The van der Waals surface area contributed by atoms with Gasteiger partial charge in [0.15, 0.2) is 0 Å². The average Bonchev–Trinajstić information content (AvgIpc) is 3.00. The zero-order valence-electron chi connectivity index (χ0n) is 13.9. The van der Waals surface area contributed by atoms with Crippen molar-refractivity contribution >= 4 is 33.5 Å². The van der Waals surface area contributed by atoms with E-state index in [1.807, 2.05) is 42.2 Å². The Hall–Kier alpha value is -2.49. The van der Waals surface area contributed by atoms with E-state index in [0.717, 1.165) is 53.6 Å². The highest BCUT2D eigenvalue weighted by Crippen LogP contribution is 2.30. The number of benzene rings is 2. The summed E-state index contributed by atoms with van der Waals surface area (Å²) in [6, 6.07) is 13.8. The van der Waals surface area contributed by atoms with E-state index in [1.54, 1.807) is 0 Å². The zero-order chi connectivity index (χ0) is 16.5. The van der Waals surface area contributed by atoms with Gasteiger partial charge in [-0.1, -0.05) is 18.2 Å². The van der Waals surface area contributed by atoms with Gasteiger partial charge in [-0.25, -0.2) is 0 Å². The number of anilines is 1. The van der Waals surface area contributed by atoms with E-state index in [0.29, 0.717) is 0 Å². The van der Waals surface area contributed by atoms with E-state index < -0.39 is 0 Å². The number of fused-ring (bicyclic) bond motifs is 3.